The van der Waals surface area contributed by atoms with Crippen LogP contribution in [-0.4, -0.2) is 75.2 Å². The number of para-hydroxylation sites is 2. The Morgan fingerprint density at radius 2 is 1.62 bits per heavy atom. The lowest BCUT2D eigenvalue weighted by Gasteiger charge is -2.36. The van der Waals surface area contributed by atoms with Gasteiger partial charge in [-0.1, -0.05) is 24.3 Å². The Bertz CT molecular complexity index is 1020. The number of anilines is 1. The molecule has 0 aliphatic carbocycles. The van der Waals surface area contributed by atoms with E-state index >= 15 is 0 Å². The number of rotatable bonds is 8. The third-order valence-corrected chi connectivity index (χ3v) is 6.04. The minimum atomic E-state index is -0.360. The van der Waals surface area contributed by atoms with Gasteiger partial charge in [-0.15, -0.1) is 12.4 Å². The number of carbonyl (C=O) groups excluding carboxylic acids is 2. The Kier molecular flexibility index (Phi) is 8.79. The van der Waals surface area contributed by atoms with Gasteiger partial charge in [-0.25, -0.2) is 4.79 Å². The van der Waals surface area contributed by atoms with Crippen LogP contribution in [0.25, 0.3) is 6.08 Å². The lowest BCUT2D eigenvalue weighted by atomic mass is 10.2. The van der Waals surface area contributed by atoms with Crippen molar-refractivity contribution in [3.8, 4) is 11.5 Å². The van der Waals surface area contributed by atoms with Crippen molar-refractivity contribution < 1.29 is 19.1 Å². The van der Waals surface area contributed by atoms with E-state index in [1.54, 1.807) is 20.3 Å². The standard InChI is InChI=1S/C25H30N4O4.ClH/c1-32-20-10-8-19(9-11-20)18-21-24(30)29(25(31)26-21)13-5-12-27-14-16-28(17-15-27)22-6-3-4-7-23(22)33-2;/h3-4,6-11,18H,5,12-17H2,1-2H3,(H,26,31);1H/b21-18+;. The van der Waals surface area contributed by atoms with Crippen LogP contribution in [0, 0.1) is 0 Å². The number of nitrogens with zero attached hydrogens (tertiary/aromatic N) is 3. The van der Waals surface area contributed by atoms with E-state index in [4.69, 9.17) is 9.47 Å². The fraction of sp³-hybridized carbons (Fsp3) is 0.360. The molecule has 0 aromatic heterocycles. The van der Waals surface area contributed by atoms with Gasteiger partial charge < -0.3 is 19.7 Å². The summed E-state index contributed by atoms with van der Waals surface area (Å²) in [5.74, 6) is 1.35. The maximum absolute atomic E-state index is 12.7. The summed E-state index contributed by atoms with van der Waals surface area (Å²) in [7, 11) is 3.30. The molecule has 0 bridgehead atoms. The number of benzene rings is 2. The Morgan fingerprint density at radius 1 is 0.912 bits per heavy atom. The molecule has 2 saturated heterocycles. The summed E-state index contributed by atoms with van der Waals surface area (Å²) in [6, 6.07) is 15.0. The van der Waals surface area contributed by atoms with Gasteiger partial charge in [0.2, 0.25) is 0 Å². The summed E-state index contributed by atoms with van der Waals surface area (Å²) in [5, 5.41) is 2.69. The number of ether oxygens (including phenoxy) is 2. The van der Waals surface area contributed by atoms with Gasteiger partial charge in [0.05, 0.1) is 19.9 Å². The van der Waals surface area contributed by atoms with Gasteiger partial charge in [-0.3, -0.25) is 14.6 Å². The zero-order valence-corrected chi connectivity index (χ0v) is 20.3. The van der Waals surface area contributed by atoms with Crippen molar-refractivity contribution >= 4 is 36.1 Å². The van der Waals surface area contributed by atoms with Gasteiger partial charge in [-0.2, -0.15) is 0 Å². The minimum Gasteiger partial charge on any atom is -0.497 e. The second kappa shape index (κ2) is 11.8. The van der Waals surface area contributed by atoms with E-state index in [0.717, 1.165) is 61.9 Å². The number of hydrogen-bond acceptors (Lipinski definition) is 6. The lowest BCUT2D eigenvalue weighted by molar-refractivity contribution is -0.122. The number of piperazine rings is 1. The zero-order valence-electron chi connectivity index (χ0n) is 19.5. The first-order chi connectivity index (χ1) is 16.1. The molecular weight excluding hydrogens is 456 g/mol. The van der Waals surface area contributed by atoms with Crippen LogP contribution in [0.15, 0.2) is 54.2 Å². The van der Waals surface area contributed by atoms with Crippen LogP contribution in [0.2, 0.25) is 0 Å². The van der Waals surface area contributed by atoms with Crippen molar-refractivity contribution in [3.63, 3.8) is 0 Å². The number of amides is 3. The average molecular weight is 487 g/mol. The van der Waals surface area contributed by atoms with Crippen LogP contribution in [0.4, 0.5) is 10.5 Å². The maximum Gasteiger partial charge on any atom is 0.329 e. The quantitative estimate of drug-likeness (QED) is 0.456. The van der Waals surface area contributed by atoms with Gasteiger partial charge in [0, 0.05) is 32.7 Å². The summed E-state index contributed by atoms with van der Waals surface area (Å²) >= 11 is 0. The van der Waals surface area contributed by atoms with Crippen molar-refractivity contribution in [3.05, 3.63) is 59.8 Å². The highest BCUT2D eigenvalue weighted by Gasteiger charge is 2.33. The highest BCUT2D eigenvalue weighted by atomic mass is 35.5. The van der Waals surface area contributed by atoms with Crippen LogP contribution in [0.3, 0.4) is 0 Å². The molecule has 2 aliphatic rings. The largest absolute Gasteiger partial charge is 0.497 e. The molecule has 182 valence electrons. The predicted molar refractivity (Wildman–Crippen MR) is 135 cm³/mol. The molecule has 0 radical (unpaired) electrons. The van der Waals surface area contributed by atoms with Gasteiger partial charge >= 0.3 is 6.03 Å². The van der Waals surface area contributed by atoms with Crippen LogP contribution in [0.5, 0.6) is 11.5 Å². The Morgan fingerprint density at radius 3 is 2.29 bits per heavy atom. The molecule has 0 spiro atoms. The average Bonchev–Trinajstić information content (AvgIpc) is 3.12. The van der Waals surface area contributed by atoms with Crippen LogP contribution in [0.1, 0.15) is 12.0 Å². The number of imide groups is 1. The number of nitrogens with one attached hydrogen (secondary N) is 1. The van der Waals surface area contributed by atoms with Crippen molar-refractivity contribution in [1.82, 2.24) is 15.1 Å². The van der Waals surface area contributed by atoms with E-state index in [9.17, 15) is 9.59 Å². The summed E-state index contributed by atoms with van der Waals surface area (Å²) in [4.78, 5) is 31.0. The number of methoxy groups -OCH3 is 2. The SMILES string of the molecule is COc1ccc(/C=C2/NC(=O)N(CCCN3CCN(c4ccccc4OC)CC3)C2=O)cc1.Cl. The van der Waals surface area contributed by atoms with E-state index in [1.807, 2.05) is 42.5 Å². The third-order valence-electron chi connectivity index (χ3n) is 6.04. The second-order valence-corrected chi connectivity index (χ2v) is 8.07. The molecule has 2 aliphatic heterocycles. The van der Waals surface area contributed by atoms with E-state index in [0.29, 0.717) is 12.2 Å². The molecule has 4 rings (SSSR count). The van der Waals surface area contributed by atoms with Crippen LogP contribution in [-0.2, 0) is 4.79 Å². The Hall–Kier alpha value is -3.23. The minimum absolute atomic E-state index is 0. The summed E-state index contributed by atoms with van der Waals surface area (Å²) < 4.78 is 10.6. The first-order valence-electron chi connectivity index (χ1n) is 11.2. The molecule has 2 fully saturated rings. The van der Waals surface area contributed by atoms with Crippen molar-refractivity contribution in [1.29, 1.82) is 0 Å². The number of carbonyl (C=O) groups is 2. The lowest BCUT2D eigenvalue weighted by Crippen LogP contribution is -2.47. The number of hydrogen-bond donors (Lipinski definition) is 1. The van der Waals surface area contributed by atoms with Crippen molar-refractivity contribution in [2.75, 3.05) is 58.4 Å². The van der Waals surface area contributed by atoms with Crippen molar-refractivity contribution in [2.45, 2.75) is 6.42 Å². The summed E-state index contributed by atoms with van der Waals surface area (Å²) in [5.41, 5.74) is 2.25. The topological polar surface area (TPSA) is 74.3 Å². The number of urea groups is 1. The van der Waals surface area contributed by atoms with Crippen molar-refractivity contribution in [2.24, 2.45) is 0 Å². The number of halogens is 1. The van der Waals surface area contributed by atoms with Crippen LogP contribution < -0.4 is 19.7 Å². The van der Waals surface area contributed by atoms with Gasteiger partial charge in [0.15, 0.2) is 0 Å². The highest BCUT2D eigenvalue weighted by Crippen LogP contribution is 2.28. The smallest absolute Gasteiger partial charge is 0.329 e. The molecule has 2 aromatic rings. The predicted octanol–water partition coefficient (Wildman–Crippen LogP) is 3.23. The Labute approximate surface area is 206 Å². The zero-order chi connectivity index (χ0) is 23.2. The van der Waals surface area contributed by atoms with E-state index in [1.165, 1.54) is 4.90 Å². The van der Waals surface area contributed by atoms with Crippen LogP contribution >= 0.6 is 12.4 Å². The molecule has 2 heterocycles. The molecule has 0 saturated carbocycles. The van der Waals surface area contributed by atoms with E-state index < -0.39 is 0 Å². The molecule has 34 heavy (non-hydrogen) atoms. The first kappa shape index (κ1) is 25.4. The molecule has 1 N–H and O–H groups in total. The summed E-state index contributed by atoms with van der Waals surface area (Å²) in [6.07, 6.45) is 2.43. The van der Waals surface area contributed by atoms with Gasteiger partial charge in [-0.05, 0) is 48.9 Å². The molecule has 8 nitrogen and oxygen atoms in total. The molecule has 3 amide bonds. The maximum atomic E-state index is 12.7. The molecule has 0 unspecified atom stereocenters. The molecule has 2 aromatic carbocycles. The molecule has 0 atom stereocenters. The third kappa shape index (κ3) is 5.81. The first-order valence-corrected chi connectivity index (χ1v) is 11.2. The monoisotopic (exact) mass is 486 g/mol. The van der Waals surface area contributed by atoms with Gasteiger partial charge in [0.1, 0.15) is 17.2 Å². The fourth-order valence-electron chi connectivity index (χ4n) is 4.20. The second-order valence-electron chi connectivity index (χ2n) is 8.07. The Balaban J connectivity index is 0.00000324. The van der Waals surface area contributed by atoms with Gasteiger partial charge in [0.25, 0.3) is 5.91 Å². The fourth-order valence-corrected chi connectivity index (χ4v) is 4.20. The normalized spacial score (nSPS) is 17.5. The van der Waals surface area contributed by atoms with E-state index in [2.05, 4.69) is 21.2 Å². The molecular formula is C25H31ClN4O4. The highest BCUT2D eigenvalue weighted by molar-refractivity contribution is 6.13. The van der Waals surface area contributed by atoms with E-state index in [-0.39, 0.29) is 24.3 Å². The summed E-state index contributed by atoms with van der Waals surface area (Å²) in [6.45, 7) is 4.93. The molecule has 9 heteroatoms.